The first kappa shape index (κ1) is 19.6. The summed E-state index contributed by atoms with van der Waals surface area (Å²) in [7, 11) is 1.59. The third-order valence-electron chi connectivity index (χ3n) is 4.10. The molecule has 6 nitrogen and oxygen atoms in total. The molecule has 0 unspecified atom stereocenters. The van der Waals surface area contributed by atoms with Gasteiger partial charge >= 0.3 is 0 Å². The molecule has 3 aromatic rings. The van der Waals surface area contributed by atoms with Crippen LogP contribution in [-0.4, -0.2) is 29.3 Å². The molecule has 8 heteroatoms. The molecular weight excluding hydrogens is 388 g/mol. The minimum atomic E-state index is -0.445. The van der Waals surface area contributed by atoms with Gasteiger partial charge in [0.1, 0.15) is 10.4 Å². The maximum absolute atomic E-state index is 12.8. The molecule has 0 saturated carbocycles. The van der Waals surface area contributed by atoms with E-state index in [0.29, 0.717) is 28.4 Å². The van der Waals surface area contributed by atoms with Gasteiger partial charge < -0.3 is 19.7 Å². The zero-order chi connectivity index (χ0) is 19.4. The normalized spacial score (nSPS) is 11.1. The Bertz CT molecular complexity index is 1010. The Morgan fingerprint density at radius 2 is 2.07 bits per heavy atom. The summed E-state index contributed by atoms with van der Waals surface area (Å²) in [6.45, 7) is 1.07. The molecule has 0 aliphatic rings. The van der Waals surface area contributed by atoms with Crippen molar-refractivity contribution < 1.29 is 14.6 Å². The second kappa shape index (κ2) is 8.67. The number of thiophene rings is 1. The Morgan fingerprint density at radius 3 is 2.74 bits per heavy atom. The van der Waals surface area contributed by atoms with Crippen molar-refractivity contribution >= 4 is 39.1 Å². The van der Waals surface area contributed by atoms with Crippen LogP contribution in [-0.2, 0) is 24.4 Å². The van der Waals surface area contributed by atoms with Gasteiger partial charge in [-0.1, -0.05) is 23.7 Å². The summed E-state index contributed by atoms with van der Waals surface area (Å²) in [5.41, 5.74) is 0.602. The molecule has 0 bridgehead atoms. The number of ether oxygens (including phenoxy) is 1. The predicted octanol–water partition coefficient (Wildman–Crippen LogP) is 2.79. The summed E-state index contributed by atoms with van der Waals surface area (Å²) in [4.78, 5) is 26.8. The largest absolute Gasteiger partial charge is 0.391 e. The van der Waals surface area contributed by atoms with E-state index < -0.39 is 5.91 Å². The molecular formula is C19H19ClN2O4S. The number of carbonyl (C=O) groups is 1. The van der Waals surface area contributed by atoms with Gasteiger partial charge in [-0.15, -0.1) is 11.3 Å². The van der Waals surface area contributed by atoms with Crippen LogP contribution in [0.15, 0.2) is 41.3 Å². The van der Waals surface area contributed by atoms with Gasteiger partial charge in [0.25, 0.3) is 5.91 Å². The van der Waals surface area contributed by atoms with Gasteiger partial charge in [0.05, 0.1) is 18.6 Å². The first-order valence-corrected chi connectivity index (χ1v) is 9.51. The van der Waals surface area contributed by atoms with Crippen LogP contribution in [0.4, 0.5) is 0 Å². The SMILES string of the molecule is COCCn1cc(C(=O)NCc2ccc(Cl)cc2)c(=O)c2cc(CO)sc21. The zero-order valence-electron chi connectivity index (χ0n) is 14.7. The van der Waals surface area contributed by atoms with E-state index >= 15 is 0 Å². The number of halogens is 1. The molecule has 0 aliphatic heterocycles. The minimum Gasteiger partial charge on any atom is -0.391 e. The summed E-state index contributed by atoms with van der Waals surface area (Å²) in [6, 6.07) is 8.76. The second-order valence-corrected chi connectivity index (χ2v) is 7.51. The van der Waals surface area contributed by atoms with Crippen molar-refractivity contribution in [3.8, 4) is 0 Å². The highest BCUT2D eigenvalue weighted by molar-refractivity contribution is 7.18. The summed E-state index contributed by atoms with van der Waals surface area (Å²) in [5, 5.41) is 13.2. The maximum Gasteiger partial charge on any atom is 0.257 e. The lowest BCUT2D eigenvalue weighted by molar-refractivity contribution is 0.0949. The van der Waals surface area contributed by atoms with Crippen molar-refractivity contribution in [1.29, 1.82) is 0 Å². The molecule has 1 amide bonds. The van der Waals surface area contributed by atoms with Crippen LogP contribution in [0.3, 0.4) is 0 Å². The summed E-state index contributed by atoms with van der Waals surface area (Å²) in [5.74, 6) is -0.445. The van der Waals surface area contributed by atoms with Crippen molar-refractivity contribution in [3.05, 3.63) is 67.8 Å². The number of aliphatic hydroxyl groups is 1. The van der Waals surface area contributed by atoms with Crippen molar-refractivity contribution in [3.63, 3.8) is 0 Å². The second-order valence-electron chi connectivity index (χ2n) is 5.96. The van der Waals surface area contributed by atoms with Gasteiger partial charge in [-0.25, -0.2) is 0 Å². The average molecular weight is 407 g/mol. The van der Waals surface area contributed by atoms with Crippen LogP contribution in [0.1, 0.15) is 20.8 Å². The van der Waals surface area contributed by atoms with Gasteiger partial charge in [0.15, 0.2) is 0 Å². The Hall–Kier alpha value is -2.19. The van der Waals surface area contributed by atoms with Crippen molar-refractivity contribution in [2.24, 2.45) is 0 Å². The number of pyridine rings is 1. The number of nitrogens with one attached hydrogen (secondary N) is 1. The van der Waals surface area contributed by atoms with Crippen LogP contribution in [0.25, 0.3) is 10.2 Å². The number of rotatable bonds is 7. The monoisotopic (exact) mass is 406 g/mol. The third kappa shape index (κ3) is 4.39. The summed E-state index contributed by atoms with van der Waals surface area (Å²) in [6.07, 6.45) is 1.55. The van der Waals surface area contributed by atoms with Crippen molar-refractivity contribution in [2.75, 3.05) is 13.7 Å². The standard InChI is InChI=1S/C19H19ClN2O4S/c1-26-7-6-22-10-16(17(24)15-8-14(11-23)27-19(15)22)18(25)21-9-12-2-4-13(20)5-3-12/h2-5,8,10,23H,6-7,9,11H2,1H3,(H,21,25). The lowest BCUT2D eigenvalue weighted by Crippen LogP contribution is -2.29. The van der Waals surface area contributed by atoms with E-state index in [1.165, 1.54) is 11.3 Å². The number of hydrogen-bond donors (Lipinski definition) is 2. The predicted molar refractivity (Wildman–Crippen MR) is 107 cm³/mol. The number of benzene rings is 1. The number of methoxy groups -OCH3 is 1. The highest BCUT2D eigenvalue weighted by Gasteiger charge is 2.17. The number of hydrogen-bond acceptors (Lipinski definition) is 5. The van der Waals surface area contributed by atoms with Crippen LogP contribution in [0, 0.1) is 0 Å². The molecule has 2 heterocycles. The van der Waals surface area contributed by atoms with Crippen molar-refractivity contribution in [2.45, 2.75) is 19.7 Å². The molecule has 2 aromatic heterocycles. The van der Waals surface area contributed by atoms with Gasteiger partial charge in [-0.05, 0) is 23.8 Å². The van der Waals surface area contributed by atoms with E-state index in [1.807, 2.05) is 16.7 Å². The molecule has 0 atom stereocenters. The summed E-state index contributed by atoms with van der Waals surface area (Å²) >= 11 is 7.19. The number of carbonyl (C=O) groups excluding carboxylic acids is 1. The van der Waals surface area contributed by atoms with Gasteiger partial charge in [-0.3, -0.25) is 9.59 Å². The molecule has 1 aromatic carbocycles. The van der Waals surface area contributed by atoms with E-state index in [-0.39, 0.29) is 24.1 Å². The molecule has 2 N–H and O–H groups in total. The molecule has 0 saturated heterocycles. The average Bonchev–Trinajstić information content (AvgIpc) is 3.12. The van der Waals surface area contributed by atoms with Gasteiger partial charge in [0.2, 0.25) is 5.43 Å². The van der Waals surface area contributed by atoms with Gasteiger partial charge in [-0.2, -0.15) is 0 Å². The number of amides is 1. The molecule has 0 aliphatic carbocycles. The zero-order valence-corrected chi connectivity index (χ0v) is 16.3. The Morgan fingerprint density at radius 1 is 1.33 bits per heavy atom. The fourth-order valence-corrected chi connectivity index (χ4v) is 3.84. The highest BCUT2D eigenvalue weighted by Crippen LogP contribution is 2.24. The Kier molecular flexibility index (Phi) is 6.28. The fraction of sp³-hybridized carbons (Fsp3) is 0.263. The number of aromatic nitrogens is 1. The van der Waals surface area contributed by atoms with E-state index in [4.69, 9.17) is 16.3 Å². The minimum absolute atomic E-state index is 0.0647. The molecule has 0 spiro atoms. The van der Waals surface area contributed by atoms with E-state index in [1.54, 1.807) is 31.5 Å². The van der Waals surface area contributed by atoms with Crippen LogP contribution in [0.2, 0.25) is 5.02 Å². The number of nitrogens with zero attached hydrogens (tertiary/aromatic N) is 1. The lowest BCUT2D eigenvalue weighted by Gasteiger charge is -2.11. The van der Waals surface area contributed by atoms with Crippen LogP contribution >= 0.6 is 22.9 Å². The van der Waals surface area contributed by atoms with E-state index in [0.717, 1.165) is 10.4 Å². The van der Waals surface area contributed by atoms with Crippen molar-refractivity contribution in [1.82, 2.24) is 9.88 Å². The Labute approximate surface area is 165 Å². The first-order valence-electron chi connectivity index (χ1n) is 8.31. The lowest BCUT2D eigenvalue weighted by atomic mass is 10.2. The molecule has 0 fully saturated rings. The molecule has 142 valence electrons. The quantitative estimate of drug-likeness (QED) is 0.632. The molecule has 27 heavy (non-hydrogen) atoms. The van der Waals surface area contributed by atoms with Gasteiger partial charge in [0, 0.05) is 36.3 Å². The third-order valence-corrected chi connectivity index (χ3v) is 5.51. The van der Waals surface area contributed by atoms with E-state index in [9.17, 15) is 14.7 Å². The fourth-order valence-electron chi connectivity index (χ4n) is 2.70. The Balaban J connectivity index is 1.92. The first-order chi connectivity index (χ1) is 13.0. The number of fused-ring (bicyclic) bond motifs is 1. The molecule has 3 rings (SSSR count). The molecule has 0 radical (unpaired) electrons. The summed E-state index contributed by atoms with van der Waals surface area (Å²) < 4.78 is 6.94. The topological polar surface area (TPSA) is 80.6 Å². The van der Waals surface area contributed by atoms with Crippen LogP contribution < -0.4 is 10.7 Å². The number of aliphatic hydroxyl groups excluding tert-OH is 1. The van der Waals surface area contributed by atoms with Crippen LogP contribution in [0.5, 0.6) is 0 Å². The highest BCUT2D eigenvalue weighted by atomic mass is 35.5. The maximum atomic E-state index is 12.8. The smallest absolute Gasteiger partial charge is 0.257 e. The van der Waals surface area contributed by atoms with E-state index in [2.05, 4.69) is 5.32 Å².